The van der Waals surface area contributed by atoms with Gasteiger partial charge in [0.05, 0.1) is 28.2 Å². The Morgan fingerprint density at radius 3 is 2.62 bits per heavy atom. The molecule has 4 aromatic rings. The van der Waals surface area contributed by atoms with E-state index >= 15 is 0 Å². The minimum Gasteiger partial charge on any atom is -0.507 e. The third-order valence-electron chi connectivity index (χ3n) is 4.79. The molecule has 2 N–H and O–H groups in total. The number of halogens is 1. The summed E-state index contributed by atoms with van der Waals surface area (Å²) in [5, 5.41) is 25.1. The molecule has 0 atom stereocenters. The maximum Gasteiger partial charge on any atom is 0.272 e. The van der Waals surface area contributed by atoms with Crippen molar-refractivity contribution in [1.82, 2.24) is 5.43 Å². The lowest BCUT2D eigenvalue weighted by atomic mass is 10.1. The van der Waals surface area contributed by atoms with Crippen molar-refractivity contribution in [1.29, 1.82) is 0 Å². The highest BCUT2D eigenvalue weighted by molar-refractivity contribution is 6.33. The number of benzene rings is 4. The predicted octanol–water partition coefficient (Wildman–Crippen LogP) is 6.69. The van der Waals surface area contributed by atoms with E-state index in [1.807, 2.05) is 49.4 Å². The summed E-state index contributed by atoms with van der Waals surface area (Å²) in [6.45, 7) is 1.89. The minimum atomic E-state index is -0.447. The van der Waals surface area contributed by atoms with Gasteiger partial charge in [-0.15, -0.1) is 5.11 Å². The van der Waals surface area contributed by atoms with E-state index in [1.54, 1.807) is 30.3 Å². The number of phenols is 1. The number of fused-ring (bicyclic) bond motifs is 1. The minimum absolute atomic E-state index is 0.000443. The zero-order chi connectivity index (χ0) is 22.5. The number of azo groups is 1. The highest BCUT2D eigenvalue weighted by atomic mass is 35.5. The second-order valence-corrected chi connectivity index (χ2v) is 7.53. The van der Waals surface area contributed by atoms with Crippen LogP contribution in [0.3, 0.4) is 0 Å². The third-order valence-corrected chi connectivity index (χ3v) is 5.10. The van der Waals surface area contributed by atoms with Gasteiger partial charge in [0.15, 0.2) is 0 Å². The number of aryl methyl sites for hydroxylation is 1. The smallest absolute Gasteiger partial charge is 0.272 e. The molecule has 0 spiro atoms. The maximum absolute atomic E-state index is 12.3. The quantitative estimate of drug-likeness (QED) is 0.205. The Bertz CT molecular complexity index is 1360. The number of rotatable bonds is 5. The molecule has 0 aromatic heterocycles. The molecule has 0 unspecified atom stereocenters. The fourth-order valence-corrected chi connectivity index (χ4v) is 3.46. The number of hydrogen-bond acceptors (Lipinski definition) is 5. The van der Waals surface area contributed by atoms with Gasteiger partial charge in [-0.3, -0.25) is 4.79 Å². The van der Waals surface area contributed by atoms with Crippen LogP contribution in [0.1, 0.15) is 21.5 Å². The average molecular weight is 443 g/mol. The summed E-state index contributed by atoms with van der Waals surface area (Å²) in [5.74, 6) is -0.446. The van der Waals surface area contributed by atoms with Gasteiger partial charge >= 0.3 is 0 Å². The first kappa shape index (κ1) is 21.2. The molecule has 0 saturated carbocycles. The van der Waals surface area contributed by atoms with Crippen molar-refractivity contribution in [3.63, 3.8) is 0 Å². The Kier molecular flexibility index (Phi) is 6.24. The van der Waals surface area contributed by atoms with Crippen molar-refractivity contribution in [2.45, 2.75) is 6.92 Å². The van der Waals surface area contributed by atoms with E-state index < -0.39 is 5.91 Å². The Hall–Kier alpha value is -4.03. The number of amides is 1. The molecular formula is C25H19ClN4O2. The predicted molar refractivity (Wildman–Crippen MR) is 127 cm³/mol. The lowest BCUT2D eigenvalue weighted by molar-refractivity contribution is 0.0955. The van der Waals surface area contributed by atoms with Crippen LogP contribution in [0, 0.1) is 6.92 Å². The molecule has 0 bridgehead atoms. The van der Waals surface area contributed by atoms with Crippen LogP contribution in [0.4, 0.5) is 11.4 Å². The van der Waals surface area contributed by atoms with Gasteiger partial charge in [0.2, 0.25) is 0 Å². The van der Waals surface area contributed by atoms with E-state index in [-0.39, 0.29) is 5.75 Å². The first-order chi connectivity index (χ1) is 15.5. The van der Waals surface area contributed by atoms with Crippen molar-refractivity contribution >= 4 is 45.9 Å². The van der Waals surface area contributed by atoms with E-state index in [2.05, 4.69) is 20.8 Å². The van der Waals surface area contributed by atoms with Crippen molar-refractivity contribution in [2.24, 2.45) is 15.3 Å². The van der Waals surface area contributed by atoms with Crippen LogP contribution in [0.2, 0.25) is 5.02 Å². The number of carbonyl (C=O) groups is 1. The zero-order valence-corrected chi connectivity index (χ0v) is 17.9. The van der Waals surface area contributed by atoms with Crippen molar-refractivity contribution in [3.8, 4) is 5.75 Å². The molecule has 7 heteroatoms. The molecule has 0 saturated heterocycles. The summed E-state index contributed by atoms with van der Waals surface area (Å²) < 4.78 is 0. The number of phenolic OH excluding ortho intramolecular Hbond substituents is 1. The SMILES string of the molecule is Cc1ccc(C(=O)N/N=C/c2cc(N=Nc3cccc4ccccc34)ccc2O)c(Cl)c1. The average Bonchev–Trinajstić information content (AvgIpc) is 2.79. The highest BCUT2D eigenvalue weighted by Gasteiger charge is 2.09. The van der Waals surface area contributed by atoms with Gasteiger partial charge in [-0.25, -0.2) is 5.43 Å². The summed E-state index contributed by atoms with van der Waals surface area (Å²) >= 11 is 6.11. The summed E-state index contributed by atoms with van der Waals surface area (Å²) in [5.41, 5.74) is 5.34. The van der Waals surface area contributed by atoms with Crippen LogP contribution < -0.4 is 5.43 Å². The first-order valence-corrected chi connectivity index (χ1v) is 10.2. The molecule has 158 valence electrons. The van der Waals surface area contributed by atoms with Crippen LogP contribution in [0.15, 0.2) is 94.2 Å². The second-order valence-electron chi connectivity index (χ2n) is 7.12. The molecule has 4 aromatic carbocycles. The fraction of sp³-hybridized carbons (Fsp3) is 0.0400. The van der Waals surface area contributed by atoms with Gasteiger partial charge in [-0.05, 0) is 54.3 Å². The molecule has 0 aliphatic heterocycles. The van der Waals surface area contributed by atoms with E-state index in [1.165, 1.54) is 12.3 Å². The molecule has 1 amide bonds. The summed E-state index contributed by atoms with van der Waals surface area (Å²) in [7, 11) is 0. The molecule has 0 aliphatic carbocycles. The first-order valence-electron chi connectivity index (χ1n) is 9.83. The molecular weight excluding hydrogens is 424 g/mol. The number of hydrogen-bond donors (Lipinski definition) is 2. The van der Waals surface area contributed by atoms with Gasteiger partial charge in [0.1, 0.15) is 5.75 Å². The van der Waals surface area contributed by atoms with Crippen molar-refractivity contribution < 1.29 is 9.90 Å². The number of nitrogens with one attached hydrogen (secondary N) is 1. The van der Waals surface area contributed by atoms with Crippen LogP contribution in [-0.4, -0.2) is 17.2 Å². The molecule has 0 heterocycles. The van der Waals surface area contributed by atoms with Gasteiger partial charge in [-0.2, -0.15) is 10.2 Å². The largest absolute Gasteiger partial charge is 0.507 e. The summed E-state index contributed by atoms with van der Waals surface area (Å²) in [4.78, 5) is 12.3. The van der Waals surface area contributed by atoms with Crippen molar-refractivity contribution in [3.05, 3.63) is 101 Å². The molecule has 6 nitrogen and oxygen atoms in total. The lowest BCUT2D eigenvalue weighted by Crippen LogP contribution is -2.18. The lowest BCUT2D eigenvalue weighted by Gasteiger charge is -2.04. The second kappa shape index (κ2) is 9.41. The molecule has 32 heavy (non-hydrogen) atoms. The van der Waals surface area contributed by atoms with Gasteiger partial charge < -0.3 is 5.11 Å². The van der Waals surface area contributed by atoms with Crippen LogP contribution in [-0.2, 0) is 0 Å². The van der Waals surface area contributed by atoms with Gasteiger partial charge in [-0.1, -0.05) is 54.1 Å². The van der Waals surface area contributed by atoms with E-state index in [4.69, 9.17) is 11.6 Å². The third kappa shape index (κ3) is 4.82. The number of carbonyl (C=O) groups excluding carboxylic acids is 1. The monoisotopic (exact) mass is 442 g/mol. The summed E-state index contributed by atoms with van der Waals surface area (Å²) in [6, 6.07) is 23.7. The maximum atomic E-state index is 12.3. The number of nitrogens with zero attached hydrogens (tertiary/aromatic N) is 3. The summed E-state index contributed by atoms with van der Waals surface area (Å²) in [6.07, 6.45) is 1.34. The number of aromatic hydroxyl groups is 1. The number of hydrazone groups is 1. The molecule has 0 aliphatic rings. The zero-order valence-electron chi connectivity index (χ0n) is 17.2. The molecule has 0 fully saturated rings. The standard InChI is InChI=1S/C25H19ClN4O2/c1-16-9-11-21(22(26)13-16)25(32)30-27-15-18-14-19(10-12-24(18)31)28-29-23-8-4-6-17-5-2-3-7-20(17)23/h2-15,31H,1H3,(H,30,32)/b27-15+,29-28?. The fourth-order valence-electron chi connectivity index (χ4n) is 3.14. The normalized spacial score (nSPS) is 11.4. The van der Waals surface area contributed by atoms with Gasteiger partial charge in [0.25, 0.3) is 5.91 Å². The topological polar surface area (TPSA) is 86.4 Å². The van der Waals surface area contributed by atoms with Crippen LogP contribution >= 0.6 is 11.6 Å². The van der Waals surface area contributed by atoms with E-state index in [0.29, 0.717) is 21.8 Å². The molecule has 4 rings (SSSR count). The molecule has 0 radical (unpaired) electrons. The van der Waals surface area contributed by atoms with Gasteiger partial charge in [0, 0.05) is 10.9 Å². The van der Waals surface area contributed by atoms with Crippen LogP contribution in [0.25, 0.3) is 10.8 Å². The van der Waals surface area contributed by atoms with E-state index in [0.717, 1.165) is 22.0 Å². The Morgan fingerprint density at radius 2 is 1.78 bits per heavy atom. The van der Waals surface area contributed by atoms with Crippen LogP contribution in [0.5, 0.6) is 5.75 Å². The highest BCUT2D eigenvalue weighted by Crippen LogP contribution is 2.28. The Morgan fingerprint density at radius 1 is 0.969 bits per heavy atom. The van der Waals surface area contributed by atoms with Crippen molar-refractivity contribution in [2.75, 3.05) is 0 Å². The Balaban J connectivity index is 1.51. The van der Waals surface area contributed by atoms with E-state index in [9.17, 15) is 9.90 Å². The Labute approximate surface area is 189 Å².